The number of para-hydroxylation sites is 2. The van der Waals surface area contributed by atoms with Crippen molar-refractivity contribution in [1.29, 1.82) is 0 Å². The zero-order valence-corrected chi connectivity index (χ0v) is 17.8. The lowest BCUT2D eigenvalue weighted by Crippen LogP contribution is -1.95. The van der Waals surface area contributed by atoms with Gasteiger partial charge >= 0.3 is 0 Å². The Hall–Kier alpha value is -3.36. The fraction of sp³-hybridized carbons (Fsp3) is 0. The molecule has 0 amide bonds. The van der Waals surface area contributed by atoms with E-state index in [1.54, 1.807) is 0 Å². The van der Waals surface area contributed by atoms with Gasteiger partial charge in [0, 0.05) is 20.6 Å². The molecular formula is C28H18BrN. The Morgan fingerprint density at radius 1 is 0.467 bits per heavy atom. The molecule has 1 aromatic heterocycles. The molecule has 30 heavy (non-hydrogen) atoms. The third kappa shape index (κ3) is 2.61. The minimum absolute atomic E-state index is 1.09. The van der Waals surface area contributed by atoms with E-state index in [1.165, 1.54) is 49.4 Å². The summed E-state index contributed by atoms with van der Waals surface area (Å²) in [6.07, 6.45) is 0. The molecule has 6 aromatic rings. The largest absolute Gasteiger partial charge is 0.309 e. The van der Waals surface area contributed by atoms with E-state index in [1.807, 2.05) is 0 Å². The van der Waals surface area contributed by atoms with Crippen molar-refractivity contribution in [2.75, 3.05) is 0 Å². The van der Waals surface area contributed by atoms with Gasteiger partial charge in [-0.2, -0.15) is 0 Å². The van der Waals surface area contributed by atoms with Crippen LogP contribution in [0, 0.1) is 0 Å². The molecule has 0 saturated carbocycles. The van der Waals surface area contributed by atoms with Gasteiger partial charge in [0.15, 0.2) is 0 Å². The van der Waals surface area contributed by atoms with Crippen molar-refractivity contribution in [2.45, 2.75) is 0 Å². The van der Waals surface area contributed by atoms with Gasteiger partial charge in [0.25, 0.3) is 0 Å². The van der Waals surface area contributed by atoms with E-state index in [4.69, 9.17) is 0 Å². The molecule has 0 aliphatic carbocycles. The number of aromatic nitrogens is 1. The van der Waals surface area contributed by atoms with Crippen LogP contribution in [0.25, 0.3) is 49.4 Å². The standard InChI is InChI=1S/C28H18BrN/c29-20-17-15-19(16-18-20)21-9-5-11-23-22(21)10-6-14-28(23)30-26-12-3-1-7-24(26)25-8-2-4-13-27(25)30/h1-18H. The molecule has 1 nitrogen and oxygen atoms in total. The Balaban J connectivity index is 1.71. The predicted molar refractivity (Wildman–Crippen MR) is 131 cm³/mol. The molecule has 0 bridgehead atoms. The van der Waals surface area contributed by atoms with Gasteiger partial charge in [-0.15, -0.1) is 0 Å². The summed E-state index contributed by atoms with van der Waals surface area (Å²) in [6.45, 7) is 0. The average molecular weight is 448 g/mol. The van der Waals surface area contributed by atoms with Crippen molar-refractivity contribution in [3.05, 3.63) is 114 Å². The number of hydrogen-bond acceptors (Lipinski definition) is 0. The van der Waals surface area contributed by atoms with Gasteiger partial charge in [-0.25, -0.2) is 0 Å². The summed E-state index contributed by atoms with van der Waals surface area (Å²) < 4.78 is 3.50. The van der Waals surface area contributed by atoms with E-state index in [0.29, 0.717) is 0 Å². The Morgan fingerprint density at radius 2 is 1.03 bits per heavy atom. The van der Waals surface area contributed by atoms with E-state index >= 15 is 0 Å². The molecule has 5 aromatic carbocycles. The van der Waals surface area contributed by atoms with Crippen molar-refractivity contribution in [1.82, 2.24) is 4.57 Å². The van der Waals surface area contributed by atoms with E-state index < -0.39 is 0 Å². The van der Waals surface area contributed by atoms with E-state index in [-0.39, 0.29) is 0 Å². The first-order valence-electron chi connectivity index (χ1n) is 10.1. The van der Waals surface area contributed by atoms with Crippen LogP contribution in [0.5, 0.6) is 0 Å². The summed E-state index contributed by atoms with van der Waals surface area (Å²) in [5, 5.41) is 5.09. The third-order valence-corrected chi connectivity index (χ3v) is 6.40. The van der Waals surface area contributed by atoms with Gasteiger partial charge in [-0.1, -0.05) is 94.8 Å². The highest BCUT2D eigenvalue weighted by Gasteiger charge is 2.14. The highest BCUT2D eigenvalue weighted by Crippen LogP contribution is 2.37. The van der Waals surface area contributed by atoms with Crippen LogP contribution in [-0.4, -0.2) is 4.57 Å². The van der Waals surface area contributed by atoms with Crippen LogP contribution in [0.1, 0.15) is 0 Å². The van der Waals surface area contributed by atoms with Gasteiger partial charge < -0.3 is 4.57 Å². The molecular weight excluding hydrogens is 430 g/mol. The van der Waals surface area contributed by atoms with Crippen LogP contribution >= 0.6 is 15.9 Å². The molecule has 0 saturated heterocycles. The molecule has 0 unspecified atom stereocenters. The lowest BCUT2D eigenvalue weighted by Gasteiger charge is -2.14. The molecule has 0 aliphatic heterocycles. The number of fused-ring (bicyclic) bond motifs is 4. The van der Waals surface area contributed by atoms with E-state index in [9.17, 15) is 0 Å². The number of rotatable bonds is 2. The Labute approximate surface area is 183 Å². The molecule has 6 rings (SSSR count). The minimum atomic E-state index is 1.09. The third-order valence-electron chi connectivity index (χ3n) is 5.88. The Morgan fingerprint density at radius 3 is 1.73 bits per heavy atom. The van der Waals surface area contributed by atoms with Crippen molar-refractivity contribution >= 4 is 48.5 Å². The SMILES string of the molecule is Brc1ccc(-c2cccc3c(-n4c5ccccc5c5ccccc54)cccc23)cc1. The zero-order chi connectivity index (χ0) is 20.1. The first-order valence-corrected chi connectivity index (χ1v) is 10.9. The summed E-state index contributed by atoms with van der Waals surface area (Å²) >= 11 is 3.55. The molecule has 142 valence electrons. The van der Waals surface area contributed by atoms with Crippen LogP contribution < -0.4 is 0 Å². The molecule has 0 spiro atoms. The zero-order valence-electron chi connectivity index (χ0n) is 16.2. The lowest BCUT2D eigenvalue weighted by molar-refractivity contribution is 1.20. The summed E-state index contributed by atoms with van der Waals surface area (Å²) in [6, 6.07) is 39.1. The molecule has 0 aliphatic rings. The van der Waals surface area contributed by atoms with Gasteiger partial charge in [0.2, 0.25) is 0 Å². The molecule has 0 fully saturated rings. The summed E-state index contributed by atoms with van der Waals surface area (Å²) in [5.41, 5.74) is 6.16. The molecule has 2 heteroatoms. The smallest absolute Gasteiger partial charge is 0.0541 e. The maximum atomic E-state index is 3.55. The molecule has 0 atom stereocenters. The molecule has 0 N–H and O–H groups in total. The fourth-order valence-electron chi connectivity index (χ4n) is 4.55. The van der Waals surface area contributed by atoms with Gasteiger partial charge in [0.05, 0.1) is 16.7 Å². The van der Waals surface area contributed by atoms with Gasteiger partial charge in [-0.3, -0.25) is 0 Å². The minimum Gasteiger partial charge on any atom is -0.309 e. The number of nitrogens with zero attached hydrogens (tertiary/aromatic N) is 1. The normalized spacial score (nSPS) is 11.5. The fourth-order valence-corrected chi connectivity index (χ4v) is 4.82. The molecule has 1 heterocycles. The number of halogens is 1. The number of benzene rings is 5. The van der Waals surface area contributed by atoms with Crippen molar-refractivity contribution < 1.29 is 0 Å². The maximum absolute atomic E-state index is 3.55. The second-order valence-corrected chi connectivity index (χ2v) is 8.47. The van der Waals surface area contributed by atoms with Crippen LogP contribution in [0.3, 0.4) is 0 Å². The quantitative estimate of drug-likeness (QED) is 0.251. The van der Waals surface area contributed by atoms with Gasteiger partial charge in [-0.05, 0) is 46.8 Å². The van der Waals surface area contributed by atoms with Crippen molar-refractivity contribution in [3.63, 3.8) is 0 Å². The summed E-state index contributed by atoms with van der Waals surface area (Å²) in [5.74, 6) is 0. The predicted octanol–water partition coefficient (Wildman–Crippen LogP) is 8.37. The monoisotopic (exact) mass is 447 g/mol. The van der Waals surface area contributed by atoms with Crippen molar-refractivity contribution in [3.8, 4) is 16.8 Å². The van der Waals surface area contributed by atoms with Crippen LogP contribution in [-0.2, 0) is 0 Å². The summed E-state index contributed by atoms with van der Waals surface area (Å²) in [4.78, 5) is 0. The highest BCUT2D eigenvalue weighted by molar-refractivity contribution is 9.10. The second kappa shape index (κ2) is 6.86. The topological polar surface area (TPSA) is 4.93 Å². The van der Waals surface area contributed by atoms with Crippen LogP contribution in [0.4, 0.5) is 0 Å². The van der Waals surface area contributed by atoms with Crippen LogP contribution in [0.2, 0.25) is 0 Å². The molecule has 0 radical (unpaired) electrons. The Bertz CT molecular complexity index is 1490. The average Bonchev–Trinajstić information content (AvgIpc) is 3.13. The van der Waals surface area contributed by atoms with Crippen LogP contribution in [0.15, 0.2) is 114 Å². The first kappa shape index (κ1) is 17.5. The lowest BCUT2D eigenvalue weighted by atomic mass is 9.97. The van der Waals surface area contributed by atoms with E-state index in [2.05, 4.69) is 130 Å². The summed E-state index contributed by atoms with van der Waals surface area (Å²) in [7, 11) is 0. The van der Waals surface area contributed by atoms with Gasteiger partial charge in [0.1, 0.15) is 0 Å². The first-order chi connectivity index (χ1) is 14.8. The van der Waals surface area contributed by atoms with E-state index in [0.717, 1.165) is 4.47 Å². The second-order valence-electron chi connectivity index (χ2n) is 7.55. The highest BCUT2D eigenvalue weighted by atomic mass is 79.9. The van der Waals surface area contributed by atoms with Crippen molar-refractivity contribution in [2.24, 2.45) is 0 Å². The maximum Gasteiger partial charge on any atom is 0.0541 e. The number of hydrogen-bond donors (Lipinski definition) is 0. The Kier molecular flexibility index (Phi) is 4.00.